The first-order chi connectivity index (χ1) is 6.66. The minimum Gasteiger partial charge on any atom is -0.310 e. The van der Waals surface area contributed by atoms with Crippen molar-refractivity contribution in [1.82, 2.24) is 10.3 Å². The van der Waals surface area contributed by atoms with E-state index in [1.165, 1.54) is 11.1 Å². The number of pyridine rings is 1. The van der Waals surface area contributed by atoms with Crippen LogP contribution in [0.15, 0.2) is 18.5 Å². The summed E-state index contributed by atoms with van der Waals surface area (Å²) in [6, 6.07) is 2.56. The molecular formula is C12H20N2. The molecule has 78 valence electrons. The quantitative estimate of drug-likeness (QED) is 0.793. The minimum atomic E-state index is 0.447. The number of hydrogen-bond acceptors (Lipinski definition) is 2. The lowest BCUT2D eigenvalue weighted by Crippen LogP contribution is -2.26. The van der Waals surface area contributed by atoms with Crippen molar-refractivity contribution >= 4 is 0 Å². The highest BCUT2D eigenvalue weighted by molar-refractivity contribution is 5.25. The molecule has 1 aromatic rings. The van der Waals surface area contributed by atoms with E-state index in [0.717, 1.165) is 6.54 Å². The molecule has 1 N–H and O–H groups in total. The predicted molar refractivity (Wildman–Crippen MR) is 60.2 cm³/mol. The summed E-state index contributed by atoms with van der Waals surface area (Å²) in [6.07, 6.45) is 3.80. The number of rotatable bonds is 4. The van der Waals surface area contributed by atoms with Crippen molar-refractivity contribution in [1.29, 1.82) is 0 Å². The third-order valence-corrected chi connectivity index (χ3v) is 2.49. The summed E-state index contributed by atoms with van der Waals surface area (Å²) in [7, 11) is 0. The van der Waals surface area contributed by atoms with Gasteiger partial charge in [-0.2, -0.15) is 0 Å². The molecule has 0 aliphatic carbocycles. The maximum Gasteiger partial charge on any atom is 0.0347 e. The Kier molecular flexibility index (Phi) is 4.08. The molecule has 1 rings (SSSR count). The molecule has 0 amide bonds. The van der Waals surface area contributed by atoms with E-state index >= 15 is 0 Å². The van der Waals surface area contributed by atoms with Crippen molar-refractivity contribution in [2.45, 2.75) is 33.7 Å². The van der Waals surface area contributed by atoms with Crippen LogP contribution < -0.4 is 5.32 Å². The van der Waals surface area contributed by atoms with E-state index < -0.39 is 0 Å². The van der Waals surface area contributed by atoms with Gasteiger partial charge in [-0.1, -0.05) is 20.8 Å². The molecule has 0 aliphatic rings. The molecule has 0 fully saturated rings. The predicted octanol–water partition coefficient (Wildman–Crippen LogP) is 2.70. The Morgan fingerprint density at radius 3 is 2.64 bits per heavy atom. The van der Waals surface area contributed by atoms with Gasteiger partial charge in [0.1, 0.15) is 0 Å². The van der Waals surface area contributed by atoms with Gasteiger partial charge < -0.3 is 5.32 Å². The van der Waals surface area contributed by atoms with E-state index in [1.54, 1.807) is 0 Å². The molecule has 14 heavy (non-hydrogen) atoms. The summed E-state index contributed by atoms with van der Waals surface area (Å²) in [4.78, 5) is 4.12. The van der Waals surface area contributed by atoms with Crippen molar-refractivity contribution in [3.8, 4) is 0 Å². The van der Waals surface area contributed by atoms with E-state index in [0.29, 0.717) is 12.0 Å². The minimum absolute atomic E-state index is 0.447. The molecule has 0 aromatic carbocycles. The lowest BCUT2D eigenvalue weighted by atomic mass is 9.94. The van der Waals surface area contributed by atoms with Crippen LogP contribution in [0.1, 0.15) is 37.9 Å². The second-order valence-corrected chi connectivity index (χ2v) is 4.01. The van der Waals surface area contributed by atoms with Gasteiger partial charge in [-0.25, -0.2) is 0 Å². The second-order valence-electron chi connectivity index (χ2n) is 4.01. The average Bonchev–Trinajstić information content (AvgIpc) is 2.15. The van der Waals surface area contributed by atoms with E-state index in [2.05, 4.69) is 44.1 Å². The molecule has 1 heterocycles. The smallest absolute Gasteiger partial charge is 0.0347 e. The standard InChI is InChI=1S/C12H20N2/c1-5-14-12(9(2)3)11-6-7-13-8-10(11)4/h6-9,12,14H,5H2,1-4H3. The van der Waals surface area contributed by atoms with Crippen molar-refractivity contribution in [2.75, 3.05) is 6.54 Å². The van der Waals surface area contributed by atoms with Crippen molar-refractivity contribution in [3.05, 3.63) is 29.6 Å². The molecule has 2 heteroatoms. The fourth-order valence-electron chi connectivity index (χ4n) is 1.76. The summed E-state index contributed by atoms with van der Waals surface area (Å²) in [5.41, 5.74) is 2.64. The van der Waals surface area contributed by atoms with Crippen LogP contribution in [-0.2, 0) is 0 Å². The highest BCUT2D eigenvalue weighted by Gasteiger charge is 2.15. The molecule has 0 spiro atoms. The van der Waals surface area contributed by atoms with Gasteiger partial charge in [0.2, 0.25) is 0 Å². The van der Waals surface area contributed by atoms with E-state index in [9.17, 15) is 0 Å². The van der Waals surface area contributed by atoms with Gasteiger partial charge >= 0.3 is 0 Å². The van der Waals surface area contributed by atoms with Crippen LogP contribution in [0, 0.1) is 12.8 Å². The SMILES string of the molecule is CCNC(c1ccncc1C)C(C)C. The van der Waals surface area contributed by atoms with Crippen molar-refractivity contribution in [2.24, 2.45) is 5.92 Å². The van der Waals surface area contributed by atoms with E-state index in [1.807, 2.05) is 12.4 Å². The van der Waals surface area contributed by atoms with Crippen LogP contribution in [-0.4, -0.2) is 11.5 Å². The Bertz CT molecular complexity index is 281. The number of nitrogens with one attached hydrogen (secondary N) is 1. The topological polar surface area (TPSA) is 24.9 Å². The van der Waals surface area contributed by atoms with Gasteiger partial charge in [0.05, 0.1) is 0 Å². The second kappa shape index (κ2) is 5.11. The normalized spacial score (nSPS) is 13.2. The third kappa shape index (κ3) is 2.55. The molecular weight excluding hydrogens is 172 g/mol. The largest absolute Gasteiger partial charge is 0.310 e. The van der Waals surface area contributed by atoms with Crippen molar-refractivity contribution in [3.63, 3.8) is 0 Å². The first-order valence-electron chi connectivity index (χ1n) is 5.30. The fourth-order valence-corrected chi connectivity index (χ4v) is 1.76. The summed E-state index contributed by atoms with van der Waals surface area (Å²) < 4.78 is 0. The number of hydrogen-bond donors (Lipinski definition) is 1. The number of aryl methyl sites for hydroxylation is 1. The van der Waals surface area contributed by atoms with Gasteiger partial charge in [-0.05, 0) is 36.6 Å². The van der Waals surface area contributed by atoms with Gasteiger partial charge in [-0.15, -0.1) is 0 Å². The maximum absolute atomic E-state index is 4.12. The van der Waals surface area contributed by atoms with Crippen LogP contribution in [0.5, 0.6) is 0 Å². The molecule has 0 aliphatic heterocycles. The Morgan fingerprint density at radius 2 is 2.14 bits per heavy atom. The van der Waals surface area contributed by atoms with Crippen LogP contribution >= 0.6 is 0 Å². The maximum atomic E-state index is 4.12. The number of aromatic nitrogens is 1. The molecule has 1 unspecified atom stereocenters. The first-order valence-corrected chi connectivity index (χ1v) is 5.30. The highest BCUT2D eigenvalue weighted by atomic mass is 14.9. The Hall–Kier alpha value is -0.890. The lowest BCUT2D eigenvalue weighted by Gasteiger charge is -2.23. The molecule has 0 radical (unpaired) electrons. The van der Waals surface area contributed by atoms with Gasteiger partial charge in [0, 0.05) is 18.4 Å². The molecule has 0 bridgehead atoms. The van der Waals surface area contributed by atoms with Gasteiger partial charge in [0.15, 0.2) is 0 Å². The summed E-state index contributed by atoms with van der Waals surface area (Å²) in [5, 5.41) is 3.51. The van der Waals surface area contributed by atoms with Crippen LogP contribution in [0.2, 0.25) is 0 Å². The van der Waals surface area contributed by atoms with E-state index in [4.69, 9.17) is 0 Å². The Labute approximate surface area is 86.8 Å². The lowest BCUT2D eigenvalue weighted by molar-refractivity contribution is 0.420. The molecule has 0 saturated carbocycles. The number of nitrogens with zero attached hydrogens (tertiary/aromatic N) is 1. The summed E-state index contributed by atoms with van der Waals surface area (Å²) in [6.45, 7) is 9.76. The van der Waals surface area contributed by atoms with Crippen LogP contribution in [0.3, 0.4) is 0 Å². The van der Waals surface area contributed by atoms with E-state index in [-0.39, 0.29) is 0 Å². The molecule has 0 saturated heterocycles. The monoisotopic (exact) mass is 192 g/mol. The summed E-state index contributed by atoms with van der Waals surface area (Å²) in [5.74, 6) is 0.607. The molecule has 2 nitrogen and oxygen atoms in total. The zero-order chi connectivity index (χ0) is 10.6. The highest BCUT2D eigenvalue weighted by Crippen LogP contribution is 2.23. The van der Waals surface area contributed by atoms with Crippen LogP contribution in [0.25, 0.3) is 0 Å². The molecule has 1 atom stereocenters. The van der Waals surface area contributed by atoms with Gasteiger partial charge in [-0.3, -0.25) is 4.98 Å². The zero-order valence-electron chi connectivity index (χ0n) is 9.54. The molecule has 1 aromatic heterocycles. The van der Waals surface area contributed by atoms with Crippen LogP contribution in [0.4, 0.5) is 0 Å². The fraction of sp³-hybridized carbons (Fsp3) is 0.583. The Morgan fingerprint density at radius 1 is 1.43 bits per heavy atom. The zero-order valence-corrected chi connectivity index (χ0v) is 9.54. The summed E-state index contributed by atoms with van der Waals surface area (Å²) >= 11 is 0. The van der Waals surface area contributed by atoms with Gasteiger partial charge in [0.25, 0.3) is 0 Å². The first kappa shape index (κ1) is 11.2. The van der Waals surface area contributed by atoms with Crippen molar-refractivity contribution < 1.29 is 0 Å². The Balaban J connectivity index is 2.93. The average molecular weight is 192 g/mol. The third-order valence-electron chi connectivity index (χ3n) is 2.49.